The predicted molar refractivity (Wildman–Crippen MR) is 105 cm³/mol. The van der Waals surface area contributed by atoms with Gasteiger partial charge in [0.1, 0.15) is 11.9 Å². The Kier molecular flexibility index (Phi) is 5.00. The molecule has 6 nitrogen and oxygen atoms in total. The topological polar surface area (TPSA) is 78.6 Å². The van der Waals surface area contributed by atoms with Gasteiger partial charge in [0.25, 0.3) is 0 Å². The van der Waals surface area contributed by atoms with Crippen molar-refractivity contribution in [2.75, 3.05) is 13.7 Å². The van der Waals surface area contributed by atoms with Crippen molar-refractivity contribution in [1.29, 1.82) is 5.26 Å². The van der Waals surface area contributed by atoms with Crippen molar-refractivity contribution in [2.45, 2.75) is 12.5 Å². The van der Waals surface area contributed by atoms with Crippen molar-refractivity contribution >= 4 is 39.1 Å². The molecule has 1 fully saturated rings. The summed E-state index contributed by atoms with van der Waals surface area (Å²) >= 11 is 4.81. The van der Waals surface area contributed by atoms with Gasteiger partial charge in [0.2, 0.25) is 0 Å². The minimum Gasteiger partial charge on any atom is -0.466 e. The van der Waals surface area contributed by atoms with Gasteiger partial charge in [-0.15, -0.1) is 11.3 Å². The van der Waals surface area contributed by atoms with Crippen LogP contribution >= 0.6 is 27.3 Å². The van der Waals surface area contributed by atoms with E-state index in [1.54, 1.807) is 12.3 Å². The Bertz CT molecular complexity index is 1040. The van der Waals surface area contributed by atoms with Crippen LogP contribution in [0.4, 0.5) is 4.39 Å². The van der Waals surface area contributed by atoms with E-state index >= 15 is 0 Å². The van der Waals surface area contributed by atoms with E-state index < -0.39 is 17.8 Å². The molecule has 1 aromatic heterocycles. The van der Waals surface area contributed by atoms with Crippen molar-refractivity contribution in [3.63, 3.8) is 0 Å². The van der Waals surface area contributed by atoms with Crippen molar-refractivity contribution in [3.8, 4) is 6.07 Å². The van der Waals surface area contributed by atoms with Gasteiger partial charge in [0.15, 0.2) is 10.8 Å². The normalized spacial score (nSPS) is 21.2. The van der Waals surface area contributed by atoms with E-state index in [0.717, 1.165) is 0 Å². The lowest BCUT2D eigenvalue weighted by molar-refractivity contribution is -0.136. The summed E-state index contributed by atoms with van der Waals surface area (Å²) in [5.41, 5.74) is 1.72. The van der Waals surface area contributed by atoms with Gasteiger partial charge >= 0.3 is 5.97 Å². The Morgan fingerprint density at radius 3 is 2.96 bits per heavy atom. The Morgan fingerprint density at radius 1 is 1.50 bits per heavy atom. The highest BCUT2D eigenvalue weighted by Gasteiger charge is 2.42. The van der Waals surface area contributed by atoms with Crippen LogP contribution in [0.5, 0.6) is 0 Å². The number of aromatic nitrogens is 1. The lowest BCUT2D eigenvalue weighted by atomic mass is 9.94. The van der Waals surface area contributed by atoms with Crippen LogP contribution in [0.25, 0.3) is 0 Å². The summed E-state index contributed by atoms with van der Waals surface area (Å²) in [6.07, 6.45) is 2.10. The van der Waals surface area contributed by atoms with Gasteiger partial charge < -0.3 is 9.64 Å². The van der Waals surface area contributed by atoms with Crippen LogP contribution in [0.15, 0.2) is 50.5 Å². The first-order valence-electron chi connectivity index (χ1n) is 8.44. The molecule has 28 heavy (non-hydrogen) atoms. The standard InChI is InChI=1S/C19H14BrFN4O2S/c1-27-19(26)15-14-6-10(8-22)9-25(14)17(18-23-4-5-28-18)24-16(15)12-3-2-11(21)7-13(12)20/h2-5,7,10,16H,6,9H2,1H3. The Morgan fingerprint density at radius 2 is 2.32 bits per heavy atom. The molecule has 2 aliphatic rings. The Balaban J connectivity index is 1.94. The fraction of sp³-hybridized carbons (Fsp3) is 0.263. The van der Waals surface area contributed by atoms with E-state index in [1.807, 2.05) is 10.3 Å². The number of ether oxygens (including phenoxy) is 1. The molecule has 0 spiro atoms. The molecule has 9 heteroatoms. The second-order valence-corrected chi connectivity index (χ2v) is 8.10. The highest BCUT2D eigenvalue weighted by molar-refractivity contribution is 9.10. The third kappa shape index (κ3) is 3.12. The number of hydrogen-bond donors (Lipinski definition) is 0. The first-order chi connectivity index (χ1) is 13.5. The lowest BCUT2D eigenvalue weighted by Crippen LogP contribution is -2.35. The number of nitriles is 1. The van der Waals surface area contributed by atoms with Crippen molar-refractivity contribution < 1.29 is 13.9 Å². The number of esters is 1. The molecular weight excluding hydrogens is 447 g/mol. The maximum Gasteiger partial charge on any atom is 0.338 e. The molecule has 2 aliphatic heterocycles. The maximum absolute atomic E-state index is 13.6. The average Bonchev–Trinajstić information content (AvgIpc) is 3.36. The number of methoxy groups -OCH3 is 1. The molecule has 0 aliphatic carbocycles. The average molecular weight is 461 g/mol. The number of nitrogens with zero attached hydrogens (tertiary/aromatic N) is 4. The maximum atomic E-state index is 13.6. The molecule has 0 bridgehead atoms. The second-order valence-electron chi connectivity index (χ2n) is 6.35. The van der Waals surface area contributed by atoms with Gasteiger partial charge in [-0.2, -0.15) is 5.26 Å². The number of carbonyl (C=O) groups excluding carboxylic acids is 1. The number of hydrogen-bond acceptors (Lipinski definition) is 7. The number of fused-ring (bicyclic) bond motifs is 1. The van der Waals surface area contributed by atoms with E-state index in [2.05, 4.69) is 27.0 Å². The number of allylic oxidation sites excluding steroid dienone is 1. The van der Waals surface area contributed by atoms with Crippen molar-refractivity contribution in [2.24, 2.45) is 10.9 Å². The summed E-state index contributed by atoms with van der Waals surface area (Å²) < 4.78 is 19.2. The predicted octanol–water partition coefficient (Wildman–Crippen LogP) is 3.82. The monoisotopic (exact) mass is 460 g/mol. The zero-order chi connectivity index (χ0) is 19.8. The van der Waals surface area contributed by atoms with Crippen LogP contribution in [0, 0.1) is 23.1 Å². The number of aliphatic imine (C=N–C) groups is 1. The van der Waals surface area contributed by atoms with E-state index in [4.69, 9.17) is 9.73 Å². The number of carbonyl (C=O) groups is 1. The van der Waals surface area contributed by atoms with Crippen molar-refractivity contribution in [1.82, 2.24) is 9.88 Å². The zero-order valence-corrected chi connectivity index (χ0v) is 17.1. The summed E-state index contributed by atoms with van der Waals surface area (Å²) in [5, 5.41) is 12.0. The van der Waals surface area contributed by atoms with Crippen LogP contribution < -0.4 is 0 Å². The molecule has 1 aromatic carbocycles. The van der Waals surface area contributed by atoms with E-state index in [-0.39, 0.29) is 5.92 Å². The SMILES string of the molecule is COC(=O)C1=C2CC(C#N)CN2C(c2nccs2)=NC1c1ccc(F)cc1Br. The van der Waals surface area contributed by atoms with Crippen LogP contribution in [0.2, 0.25) is 0 Å². The molecule has 4 rings (SSSR count). The molecule has 2 aromatic rings. The van der Waals surface area contributed by atoms with Crippen LogP contribution in [-0.2, 0) is 9.53 Å². The smallest absolute Gasteiger partial charge is 0.338 e. The lowest BCUT2D eigenvalue weighted by Gasteiger charge is -2.31. The molecular formula is C19H14BrFN4O2S. The first-order valence-corrected chi connectivity index (χ1v) is 10.1. The molecule has 0 saturated carbocycles. The third-order valence-electron chi connectivity index (χ3n) is 4.73. The molecule has 0 N–H and O–H groups in total. The number of benzene rings is 1. The number of rotatable bonds is 3. The molecule has 142 valence electrons. The number of halogens is 2. The third-order valence-corrected chi connectivity index (χ3v) is 6.18. The summed E-state index contributed by atoms with van der Waals surface area (Å²) in [7, 11) is 1.31. The van der Waals surface area contributed by atoms with Crippen LogP contribution in [0.1, 0.15) is 23.0 Å². The van der Waals surface area contributed by atoms with Gasteiger partial charge in [-0.25, -0.2) is 14.2 Å². The van der Waals surface area contributed by atoms with Crippen LogP contribution in [0.3, 0.4) is 0 Å². The van der Waals surface area contributed by atoms with E-state index in [0.29, 0.717) is 45.1 Å². The molecule has 1 saturated heterocycles. The summed E-state index contributed by atoms with van der Waals surface area (Å²) in [5.74, 6) is -0.566. The molecule has 3 heterocycles. The summed E-state index contributed by atoms with van der Waals surface area (Å²) in [4.78, 5) is 23.8. The highest BCUT2D eigenvalue weighted by Crippen LogP contribution is 2.43. The fourth-order valence-corrected chi connectivity index (χ4v) is 4.71. The quantitative estimate of drug-likeness (QED) is 0.650. The highest BCUT2D eigenvalue weighted by atomic mass is 79.9. The molecule has 2 unspecified atom stereocenters. The van der Waals surface area contributed by atoms with E-state index in [1.165, 1.54) is 30.6 Å². The largest absolute Gasteiger partial charge is 0.466 e. The first kappa shape index (κ1) is 18.8. The number of thiazole rings is 1. The Labute approximate surface area is 173 Å². The van der Waals surface area contributed by atoms with Gasteiger partial charge in [-0.05, 0) is 17.7 Å². The molecule has 0 radical (unpaired) electrons. The summed E-state index contributed by atoms with van der Waals surface area (Å²) in [6.45, 7) is 0.433. The molecule has 2 atom stereocenters. The minimum atomic E-state index is -0.690. The van der Waals surface area contributed by atoms with Gasteiger partial charge in [0.05, 0.1) is 24.7 Å². The van der Waals surface area contributed by atoms with E-state index in [9.17, 15) is 14.4 Å². The van der Waals surface area contributed by atoms with Gasteiger partial charge in [-0.1, -0.05) is 22.0 Å². The molecule has 0 amide bonds. The van der Waals surface area contributed by atoms with Crippen LogP contribution in [-0.4, -0.2) is 35.3 Å². The Hall–Kier alpha value is -2.57. The second kappa shape index (κ2) is 7.45. The fourth-order valence-electron chi connectivity index (χ4n) is 3.50. The summed E-state index contributed by atoms with van der Waals surface area (Å²) in [6, 6.07) is 5.86. The van der Waals surface area contributed by atoms with Crippen molar-refractivity contribution in [3.05, 3.63) is 61.9 Å². The van der Waals surface area contributed by atoms with Gasteiger partial charge in [0, 0.05) is 34.7 Å². The number of amidine groups is 1. The minimum absolute atomic E-state index is 0.268. The zero-order valence-electron chi connectivity index (χ0n) is 14.7. The van der Waals surface area contributed by atoms with Gasteiger partial charge in [-0.3, -0.25) is 4.99 Å².